The van der Waals surface area contributed by atoms with Gasteiger partial charge in [0.05, 0.1) is 22.7 Å². The van der Waals surface area contributed by atoms with Gasteiger partial charge in [-0.25, -0.2) is 8.42 Å². The quantitative estimate of drug-likeness (QED) is 0.689. The highest BCUT2D eigenvalue weighted by molar-refractivity contribution is 7.89. The third-order valence-corrected chi connectivity index (χ3v) is 7.56. The van der Waals surface area contributed by atoms with Crippen LogP contribution in [0.1, 0.15) is 12.5 Å². The van der Waals surface area contributed by atoms with Gasteiger partial charge in [-0.3, -0.25) is 9.59 Å². The first-order valence-electron chi connectivity index (χ1n) is 10.1. The Morgan fingerprint density at radius 1 is 1.03 bits per heavy atom. The van der Waals surface area contributed by atoms with Crippen LogP contribution in [-0.4, -0.2) is 68.3 Å². The number of nitrogens with zero attached hydrogens (tertiary/aromatic N) is 4. The summed E-state index contributed by atoms with van der Waals surface area (Å²) in [5.41, 5.74) is 0.709. The van der Waals surface area contributed by atoms with E-state index in [4.69, 9.17) is 4.74 Å². The van der Waals surface area contributed by atoms with Crippen molar-refractivity contribution in [1.29, 1.82) is 5.26 Å². The number of rotatable bonds is 3. The van der Waals surface area contributed by atoms with Crippen LogP contribution in [0.15, 0.2) is 53.4 Å². The second kappa shape index (κ2) is 8.61. The van der Waals surface area contributed by atoms with Crippen LogP contribution in [-0.2, 0) is 19.6 Å². The molecule has 9 nitrogen and oxygen atoms in total. The van der Waals surface area contributed by atoms with E-state index in [1.165, 1.54) is 28.3 Å². The van der Waals surface area contributed by atoms with E-state index in [-0.39, 0.29) is 55.0 Å². The Kier molecular flexibility index (Phi) is 5.86. The van der Waals surface area contributed by atoms with Crippen LogP contribution in [0.25, 0.3) is 0 Å². The highest BCUT2D eigenvalue weighted by Crippen LogP contribution is 2.33. The minimum atomic E-state index is -3.85. The van der Waals surface area contributed by atoms with E-state index >= 15 is 0 Å². The van der Waals surface area contributed by atoms with Crippen LogP contribution < -0.4 is 9.64 Å². The number of ether oxygens (including phenoxy) is 1. The average Bonchev–Trinajstić information content (AvgIpc) is 2.82. The average molecular weight is 455 g/mol. The molecule has 0 bridgehead atoms. The number of benzene rings is 2. The first-order valence-corrected chi connectivity index (χ1v) is 11.6. The number of sulfonamides is 1. The summed E-state index contributed by atoms with van der Waals surface area (Å²) in [6.07, 6.45) is -0.865. The molecule has 0 unspecified atom stereocenters. The molecule has 0 aliphatic carbocycles. The summed E-state index contributed by atoms with van der Waals surface area (Å²) >= 11 is 0. The van der Waals surface area contributed by atoms with Gasteiger partial charge < -0.3 is 14.5 Å². The summed E-state index contributed by atoms with van der Waals surface area (Å²) in [7, 11) is -3.85. The van der Waals surface area contributed by atoms with Crippen molar-refractivity contribution < 1.29 is 22.7 Å². The van der Waals surface area contributed by atoms with Crippen molar-refractivity contribution in [2.24, 2.45) is 0 Å². The lowest BCUT2D eigenvalue weighted by atomic mass is 10.1. The molecule has 4 rings (SSSR count). The van der Waals surface area contributed by atoms with Crippen LogP contribution in [0.2, 0.25) is 0 Å². The molecule has 2 aliphatic heterocycles. The van der Waals surface area contributed by atoms with Crippen molar-refractivity contribution in [1.82, 2.24) is 9.21 Å². The normalized spacial score (nSPS) is 18.9. The third-order valence-electron chi connectivity index (χ3n) is 5.60. The smallest absolute Gasteiger partial charge is 0.265 e. The van der Waals surface area contributed by atoms with Crippen LogP contribution >= 0.6 is 0 Å². The van der Waals surface area contributed by atoms with Gasteiger partial charge in [-0.1, -0.05) is 24.3 Å². The highest BCUT2D eigenvalue weighted by Gasteiger charge is 2.37. The molecule has 2 amide bonds. The number of nitriles is 1. The van der Waals surface area contributed by atoms with E-state index in [1.54, 1.807) is 41.3 Å². The fraction of sp³-hybridized carbons (Fsp3) is 0.318. The molecule has 1 atom stereocenters. The highest BCUT2D eigenvalue weighted by atomic mass is 32.2. The van der Waals surface area contributed by atoms with Gasteiger partial charge in [0, 0.05) is 33.1 Å². The lowest BCUT2D eigenvalue weighted by Crippen LogP contribution is -2.56. The summed E-state index contributed by atoms with van der Waals surface area (Å²) in [6.45, 7) is 2.12. The van der Waals surface area contributed by atoms with Gasteiger partial charge in [0.2, 0.25) is 15.9 Å². The Bertz CT molecular complexity index is 1200. The largest absolute Gasteiger partial charge is 0.476 e. The third kappa shape index (κ3) is 3.92. The molecule has 32 heavy (non-hydrogen) atoms. The van der Waals surface area contributed by atoms with E-state index in [1.807, 2.05) is 6.07 Å². The molecular weight excluding hydrogens is 432 g/mol. The van der Waals surface area contributed by atoms with Crippen molar-refractivity contribution in [2.75, 3.05) is 37.6 Å². The SMILES string of the molecule is CC(=O)N1C[C@@H](C(=O)N2CCN(S(=O)(=O)c3ccccc3C#N)CC2)Oc2ccccc21. The zero-order valence-electron chi connectivity index (χ0n) is 17.5. The summed E-state index contributed by atoms with van der Waals surface area (Å²) < 4.78 is 33.2. The maximum atomic E-state index is 13.1. The number of carbonyl (C=O) groups excluding carboxylic acids is 2. The van der Waals surface area contributed by atoms with Gasteiger partial charge in [0.15, 0.2) is 6.10 Å². The zero-order valence-corrected chi connectivity index (χ0v) is 18.3. The number of hydrogen-bond donors (Lipinski definition) is 0. The molecule has 2 aromatic rings. The maximum Gasteiger partial charge on any atom is 0.265 e. The number of anilines is 1. The zero-order chi connectivity index (χ0) is 22.9. The number of hydrogen-bond acceptors (Lipinski definition) is 6. The molecule has 2 heterocycles. The van der Waals surface area contributed by atoms with E-state index in [0.717, 1.165) is 0 Å². The van der Waals surface area contributed by atoms with Crippen molar-refractivity contribution in [3.63, 3.8) is 0 Å². The number of fused-ring (bicyclic) bond motifs is 1. The number of carbonyl (C=O) groups is 2. The van der Waals surface area contributed by atoms with Gasteiger partial charge in [0.25, 0.3) is 5.91 Å². The Hall–Kier alpha value is -3.42. The first-order chi connectivity index (χ1) is 15.3. The first kappa shape index (κ1) is 21.8. The molecule has 0 radical (unpaired) electrons. The fourth-order valence-electron chi connectivity index (χ4n) is 3.94. The van der Waals surface area contributed by atoms with Crippen LogP contribution in [0.4, 0.5) is 5.69 Å². The van der Waals surface area contributed by atoms with Crippen LogP contribution in [0.3, 0.4) is 0 Å². The topological polar surface area (TPSA) is 111 Å². The summed E-state index contributed by atoms with van der Waals surface area (Å²) in [5, 5.41) is 9.24. The number of para-hydroxylation sites is 2. The van der Waals surface area contributed by atoms with E-state index in [2.05, 4.69) is 0 Å². The monoisotopic (exact) mass is 454 g/mol. The predicted molar refractivity (Wildman–Crippen MR) is 115 cm³/mol. The van der Waals surface area contributed by atoms with Crippen molar-refractivity contribution in [2.45, 2.75) is 17.9 Å². The van der Waals surface area contributed by atoms with Crippen LogP contribution in [0, 0.1) is 11.3 Å². The Labute approximate surface area is 186 Å². The standard InChI is InChI=1S/C22H22N4O5S/c1-16(27)26-15-20(31-19-8-4-3-7-18(19)26)22(28)24-10-12-25(13-11-24)32(29,30)21-9-5-2-6-17(21)14-23/h2-9,20H,10-13,15H2,1H3/t20-/m0/s1. The summed E-state index contributed by atoms with van der Waals surface area (Å²) in [4.78, 5) is 28.2. The molecule has 0 saturated carbocycles. The van der Waals surface area contributed by atoms with Crippen molar-refractivity contribution >= 4 is 27.5 Å². The fourth-order valence-corrected chi connectivity index (χ4v) is 5.50. The van der Waals surface area contributed by atoms with Crippen molar-refractivity contribution in [3.8, 4) is 11.8 Å². The van der Waals surface area contributed by atoms with E-state index in [9.17, 15) is 23.3 Å². The lowest BCUT2D eigenvalue weighted by Gasteiger charge is -2.39. The van der Waals surface area contributed by atoms with Crippen LogP contribution in [0.5, 0.6) is 5.75 Å². The summed E-state index contributed by atoms with van der Waals surface area (Å²) in [5.74, 6) is -0.0209. The second-order valence-electron chi connectivity index (χ2n) is 7.54. The molecule has 166 valence electrons. The van der Waals surface area contributed by atoms with Crippen molar-refractivity contribution in [3.05, 3.63) is 54.1 Å². The molecule has 0 N–H and O–H groups in total. The molecular formula is C22H22N4O5S. The minimum absolute atomic E-state index is 0.0356. The molecule has 0 spiro atoms. The molecule has 0 aromatic heterocycles. The molecule has 1 saturated heterocycles. The molecule has 1 fully saturated rings. The second-order valence-corrected chi connectivity index (χ2v) is 9.45. The van der Waals surface area contributed by atoms with Gasteiger partial charge >= 0.3 is 0 Å². The van der Waals surface area contributed by atoms with E-state index < -0.39 is 16.1 Å². The minimum Gasteiger partial charge on any atom is -0.476 e. The molecule has 2 aliphatic rings. The van der Waals surface area contributed by atoms with Gasteiger partial charge in [0.1, 0.15) is 11.8 Å². The maximum absolute atomic E-state index is 13.1. The Morgan fingerprint density at radius 3 is 2.38 bits per heavy atom. The Morgan fingerprint density at radius 2 is 1.69 bits per heavy atom. The lowest BCUT2D eigenvalue weighted by molar-refractivity contribution is -0.140. The molecule has 2 aromatic carbocycles. The predicted octanol–water partition coefficient (Wildman–Crippen LogP) is 1.21. The van der Waals surface area contributed by atoms with Gasteiger partial charge in [-0.05, 0) is 24.3 Å². The summed E-state index contributed by atoms with van der Waals surface area (Å²) in [6, 6.07) is 15.0. The van der Waals surface area contributed by atoms with Gasteiger partial charge in [-0.15, -0.1) is 0 Å². The Balaban J connectivity index is 1.46. The number of piperazine rings is 1. The van der Waals surface area contributed by atoms with Gasteiger partial charge in [-0.2, -0.15) is 9.57 Å². The van der Waals surface area contributed by atoms with E-state index in [0.29, 0.717) is 11.4 Å². The number of amides is 2. The molecule has 10 heteroatoms.